The maximum Gasteiger partial charge on any atom is 0.142 e. The molecule has 0 N–H and O–H groups in total. The van der Waals surface area contributed by atoms with Crippen molar-refractivity contribution >= 4 is 60.4 Å². The predicted molar refractivity (Wildman–Crippen MR) is 121 cm³/mol. The van der Waals surface area contributed by atoms with E-state index in [9.17, 15) is 0 Å². The topological polar surface area (TPSA) is 37.7 Å². The van der Waals surface area contributed by atoms with E-state index in [1.165, 1.54) is 0 Å². The van der Waals surface area contributed by atoms with Gasteiger partial charge in [-0.3, -0.25) is 0 Å². The van der Waals surface area contributed by atoms with Gasteiger partial charge in [0.1, 0.15) is 25.0 Å². The largest absolute Gasteiger partial charge is 0.307 e. The van der Waals surface area contributed by atoms with Crippen LogP contribution in [0.4, 0.5) is 11.4 Å². The van der Waals surface area contributed by atoms with Crippen molar-refractivity contribution in [2.24, 2.45) is 10.2 Å². The summed E-state index contributed by atoms with van der Waals surface area (Å²) in [5.74, 6) is 3.54. The lowest BCUT2D eigenvalue weighted by Crippen LogP contribution is -2.32. The summed E-state index contributed by atoms with van der Waals surface area (Å²) in [5, 5.41) is 9.09. The first kappa shape index (κ1) is 18.4. The highest BCUT2D eigenvalue weighted by molar-refractivity contribution is 8.00. The van der Waals surface area contributed by atoms with Crippen molar-refractivity contribution in [3.8, 4) is 0 Å². The van der Waals surface area contributed by atoms with Crippen LogP contribution in [0.5, 0.6) is 0 Å². The van der Waals surface area contributed by atoms with Gasteiger partial charge >= 0.3 is 0 Å². The predicted octanol–water partition coefficient (Wildman–Crippen LogP) is 3.60. The van der Waals surface area contributed by atoms with Crippen LogP contribution in [-0.2, 0) is 0 Å². The summed E-state index contributed by atoms with van der Waals surface area (Å²) < 4.78 is 3.34. The molecule has 0 bridgehead atoms. The number of para-hydroxylation sites is 2. The highest BCUT2D eigenvalue weighted by Gasteiger charge is 2.25. The summed E-state index contributed by atoms with van der Waals surface area (Å²) in [5.41, 5.74) is 2.25. The summed E-state index contributed by atoms with van der Waals surface area (Å²) in [6.45, 7) is 1.29. The minimum atomic E-state index is 0.643. The molecule has 27 heavy (non-hydrogen) atoms. The van der Waals surface area contributed by atoms with Gasteiger partial charge in [0.2, 0.25) is 0 Å². The summed E-state index contributed by atoms with van der Waals surface area (Å²) in [6.07, 6.45) is 0. The van der Waals surface area contributed by atoms with Crippen LogP contribution in [0.1, 0.15) is 0 Å². The molecule has 2 heterocycles. The summed E-state index contributed by atoms with van der Waals surface area (Å²) >= 11 is 10.6. The zero-order valence-electron chi connectivity index (χ0n) is 14.6. The van der Waals surface area contributed by atoms with Gasteiger partial charge in [0.05, 0.1) is 11.5 Å². The number of amidine groups is 2. The maximum absolute atomic E-state index is 4.54. The molecule has 0 saturated carbocycles. The first-order valence-corrected chi connectivity index (χ1v) is 10.5. The Morgan fingerprint density at radius 1 is 0.704 bits per heavy atom. The van der Waals surface area contributed by atoms with Gasteiger partial charge in [0.25, 0.3) is 0 Å². The highest BCUT2D eigenvalue weighted by atomic mass is 32.2. The SMILES string of the molecule is SN1CN(c2ccccc2)C(CSCC2=NN(S)CN2c2ccccc2)=N1. The molecule has 0 aliphatic carbocycles. The molecule has 0 unspecified atom stereocenters. The maximum atomic E-state index is 4.54. The number of hydrazone groups is 2. The lowest BCUT2D eigenvalue weighted by Gasteiger charge is -2.21. The van der Waals surface area contributed by atoms with E-state index < -0.39 is 0 Å². The van der Waals surface area contributed by atoms with Crippen molar-refractivity contribution in [2.75, 3.05) is 34.6 Å². The molecule has 2 aliphatic heterocycles. The fraction of sp³-hybridized carbons (Fsp3) is 0.222. The molecule has 0 atom stereocenters. The first-order valence-electron chi connectivity index (χ1n) is 8.51. The van der Waals surface area contributed by atoms with E-state index in [1.807, 2.05) is 36.4 Å². The minimum Gasteiger partial charge on any atom is -0.307 e. The molecule has 0 fully saturated rings. The van der Waals surface area contributed by atoms with Crippen molar-refractivity contribution in [3.05, 3.63) is 60.7 Å². The average molecular weight is 417 g/mol. The highest BCUT2D eigenvalue weighted by Crippen LogP contribution is 2.25. The Morgan fingerprint density at radius 2 is 1.11 bits per heavy atom. The number of hydrogen-bond acceptors (Lipinski definition) is 9. The zero-order chi connectivity index (χ0) is 18.6. The van der Waals surface area contributed by atoms with Crippen LogP contribution in [0, 0.1) is 0 Å². The van der Waals surface area contributed by atoms with E-state index in [1.54, 1.807) is 20.6 Å². The van der Waals surface area contributed by atoms with Gasteiger partial charge in [0, 0.05) is 11.4 Å². The lowest BCUT2D eigenvalue weighted by molar-refractivity contribution is 0.562. The molecule has 4 rings (SSSR count). The van der Waals surface area contributed by atoms with Gasteiger partial charge in [0.15, 0.2) is 0 Å². The molecule has 9 heteroatoms. The molecule has 6 nitrogen and oxygen atoms in total. The molecule has 140 valence electrons. The van der Waals surface area contributed by atoms with Crippen LogP contribution in [0.25, 0.3) is 0 Å². The number of thioether (sulfide) groups is 1. The fourth-order valence-corrected chi connectivity index (χ4v) is 4.33. The van der Waals surface area contributed by atoms with Crippen molar-refractivity contribution < 1.29 is 0 Å². The number of benzene rings is 2. The first-order chi connectivity index (χ1) is 13.2. The van der Waals surface area contributed by atoms with Gasteiger partial charge in [-0.05, 0) is 49.9 Å². The van der Waals surface area contributed by atoms with Crippen LogP contribution in [0.2, 0.25) is 0 Å². The third-order valence-electron chi connectivity index (χ3n) is 4.22. The molecular formula is C18H20N6S3. The number of thiol groups is 2. The second-order valence-corrected chi connectivity index (χ2v) is 7.99. The Bertz CT molecular complexity index is 760. The Kier molecular flexibility index (Phi) is 5.70. The molecule has 0 amide bonds. The molecule has 2 aromatic carbocycles. The quantitative estimate of drug-likeness (QED) is 0.704. The molecule has 2 aliphatic rings. The zero-order valence-corrected chi connectivity index (χ0v) is 17.2. The minimum absolute atomic E-state index is 0.643. The second kappa shape index (κ2) is 8.37. The second-order valence-electron chi connectivity index (χ2n) is 6.08. The third-order valence-corrected chi connectivity index (χ3v) is 5.58. The van der Waals surface area contributed by atoms with E-state index in [2.05, 4.69) is 69.9 Å². The molecule has 2 aromatic rings. The average Bonchev–Trinajstić information content (AvgIpc) is 3.25. The monoisotopic (exact) mass is 416 g/mol. The normalized spacial score (nSPS) is 16.8. The molecule has 0 spiro atoms. The van der Waals surface area contributed by atoms with Crippen molar-refractivity contribution in [1.29, 1.82) is 0 Å². The van der Waals surface area contributed by atoms with E-state index in [4.69, 9.17) is 0 Å². The van der Waals surface area contributed by atoms with Crippen LogP contribution in [0.15, 0.2) is 70.9 Å². The van der Waals surface area contributed by atoms with Gasteiger partial charge < -0.3 is 9.80 Å². The van der Waals surface area contributed by atoms with E-state index in [0.717, 1.165) is 34.6 Å². The molecule has 0 radical (unpaired) electrons. The third kappa shape index (κ3) is 4.31. The van der Waals surface area contributed by atoms with Crippen LogP contribution in [-0.4, -0.2) is 45.3 Å². The summed E-state index contributed by atoms with van der Waals surface area (Å²) in [4.78, 5) is 4.35. The van der Waals surface area contributed by atoms with Crippen LogP contribution >= 0.6 is 37.4 Å². The molecule has 0 saturated heterocycles. The molecular weight excluding hydrogens is 396 g/mol. The van der Waals surface area contributed by atoms with E-state index in [0.29, 0.717) is 13.3 Å². The van der Waals surface area contributed by atoms with Gasteiger partial charge in [-0.15, -0.1) is 11.8 Å². The standard InChI is InChI=1S/C18H20N6S3/c25-23-13-21(15-7-3-1-4-8-15)17(19-23)11-27-12-18-20-24(26)14-22(18)16-9-5-2-6-10-16/h1-10,25-26H,11-14H2. The van der Waals surface area contributed by atoms with Crippen LogP contribution < -0.4 is 9.80 Å². The number of hydrogen-bond donors (Lipinski definition) is 2. The fourth-order valence-electron chi connectivity index (χ4n) is 2.98. The van der Waals surface area contributed by atoms with E-state index in [-0.39, 0.29) is 0 Å². The van der Waals surface area contributed by atoms with Crippen LogP contribution in [0.3, 0.4) is 0 Å². The summed E-state index contributed by atoms with van der Waals surface area (Å²) in [7, 11) is 0. The molecule has 0 aromatic heterocycles. The smallest absolute Gasteiger partial charge is 0.142 e. The number of rotatable bonds is 6. The Morgan fingerprint density at radius 3 is 1.52 bits per heavy atom. The Hall–Kier alpha value is -1.97. The Balaban J connectivity index is 1.40. The summed E-state index contributed by atoms with van der Waals surface area (Å²) in [6, 6.07) is 20.5. The lowest BCUT2D eigenvalue weighted by atomic mass is 10.3. The van der Waals surface area contributed by atoms with E-state index >= 15 is 0 Å². The van der Waals surface area contributed by atoms with Crippen molar-refractivity contribution in [1.82, 2.24) is 8.83 Å². The number of anilines is 2. The Labute approximate surface area is 174 Å². The van der Waals surface area contributed by atoms with Crippen molar-refractivity contribution in [3.63, 3.8) is 0 Å². The van der Waals surface area contributed by atoms with Gasteiger partial charge in [-0.25, -0.2) is 8.83 Å². The van der Waals surface area contributed by atoms with Crippen molar-refractivity contribution in [2.45, 2.75) is 0 Å². The van der Waals surface area contributed by atoms with Gasteiger partial charge in [-0.2, -0.15) is 10.2 Å². The number of nitrogens with zero attached hydrogens (tertiary/aromatic N) is 6. The van der Waals surface area contributed by atoms with Gasteiger partial charge in [-0.1, -0.05) is 36.4 Å².